The number of hydrogen-bond donors (Lipinski definition) is 0. The number of alkyl halides is 4. The zero-order valence-electron chi connectivity index (χ0n) is 12.5. The monoisotopic (exact) mass is 367 g/mol. The van der Waals surface area contributed by atoms with Crippen LogP contribution in [0.15, 0.2) is 0 Å². The van der Waals surface area contributed by atoms with Gasteiger partial charge in [-0.3, -0.25) is 0 Å². The average molecular weight is 368 g/mol. The van der Waals surface area contributed by atoms with Crippen LogP contribution in [0.5, 0.6) is 0 Å². The lowest BCUT2D eigenvalue weighted by molar-refractivity contribution is -0.183. The van der Waals surface area contributed by atoms with Gasteiger partial charge >= 0.3 is 6.18 Å². The van der Waals surface area contributed by atoms with E-state index in [0.29, 0.717) is 17.6 Å². The fourth-order valence-electron chi connectivity index (χ4n) is 3.13. The molecule has 1 aromatic rings. The summed E-state index contributed by atoms with van der Waals surface area (Å²) in [4.78, 5) is 0. The minimum absolute atomic E-state index is 0.125. The Balaban J connectivity index is 2.32. The van der Waals surface area contributed by atoms with E-state index < -0.39 is 12.1 Å². The smallest absolute Gasteiger partial charge is 0.309 e. The van der Waals surface area contributed by atoms with Gasteiger partial charge in [-0.25, -0.2) is 0 Å². The Morgan fingerprint density at radius 1 is 1.19 bits per heavy atom. The molecule has 1 saturated carbocycles. The first-order chi connectivity index (χ1) is 9.64. The van der Waals surface area contributed by atoms with E-state index in [1.54, 1.807) is 0 Å². The van der Waals surface area contributed by atoms with Crippen LogP contribution in [0.25, 0.3) is 0 Å². The molecule has 1 aliphatic rings. The molecular weight excluding hydrogens is 347 g/mol. The van der Waals surface area contributed by atoms with Gasteiger partial charge in [0.1, 0.15) is 11.6 Å². The minimum Gasteiger partial charge on any atom is -0.309 e. The van der Waals surface area contributed by atoms with E-state index in [0.717, 1.165) is 12.2 Å². The second-order valence-electron chi connectivity index (χ2n) is 6.72. The normalized spacial score (nSPS) is 24.3. The van der Waals surface area contributed by atoms with Gasteiger partial charge in [0.2, 0.25) is 0 Å². The lowest BCUT2D eigenvalue weighted by atomic mass is 9.80. The van der Waals surface area contributed by atoms with Gasteiger partial charge in [-0.15, -0.1) is 10.2 Å². The molecule has 0 N–H and O–H groups in total. The van der Waals surface area contributed by atoms with E-state index in [-0.39, 0.29) is 24.3 Å². The molecule has 1 aromatic heterocycles. The second kappa shape index (κ2) is 5.89. The molecule has 2 atom stereocenters. The highest BCUT2D eigenvalue weighted by molar-refractivity contribution is 9.08. The van der Waals surface area contributed by atoms with Crippen LogP contribution in [0.2, 0.25) is 0 Å². The molecule has 0 radical (unpaired) electrons. The van der Waals surface area contributed by atoms with E-state index in [9.17, 15) is 13.2 Å². The van der Waals surface area contributed by atoms with Crippen LogP contribution in [-0.2, 0) is 10.9 Å². The summed E-state index contributed by atoms with van der Waals surface area (Å²) in [6.45, 7) is 6.07. The standard InChI is InChI=1S/C14H21BrF3N3/c1-13(2,3)21-11(8-15)19-20-12(21)9-5-4-6-10(7-9)14(16,17)18/h9-10H,4-8H2,1-3H3. The Labute approximate surface area is 131 Å². The van der Waals surface area contributed by atoms with Gasteiger partial charge in [0.05, 0.1) is 11.2 Å². The molecule has 0 aromatic carbocycles. The summed E-state index contributed by atoms with van der Waals surface area (Å²) in [5, 5.41) is 8.91. The number of aromatic nitrogens is 3. The summed E-state index contributed by atoms with van der Waals surface area (Å²) in [6.07, 6.45) is -2.41. The Kier molecular flexibility index (Phi) is 4.71. The Morgan fingerprint density at radius 3 is 2.38 bits per heavy atom. The van der Waals surface area contributed by atoms with Crippen molar-refractivity contribution in [2.24, 2.45) is 5.92 Å². The molecule has 0 amide bonds. The number of rotatable bonds is 2. The Morgan fingerprint density at radius 2 is 1.86 bits per heavy atom. The first-order valence-electron chi connectivity index (χ1n) is 7.22. The topological polar surface area (TPSA) is 30.7 Å². The number of nitrogens with zero attached hydrogens (tertiary/aromatic N) is 3. The van der Waals surface area contributed by atoms with Crippen molar-refractivity contribution in [1.29, 1.82) is 0 Å². The molecule has 3 nitrogen and oxygen atoms in total. The summed E-state index contributed by atoms with van der Waals surface area (Å²) >= 11 is 3.38. The summed E-state index contributed by atoms with van der Waals surface area (Å²) in [7, 11) is 0. The van der Waals surface area contributed by atoms with Crippen LogP contribution >= 0.6 is 15.9 Å². The van der Waals surface area contributed by atoms with E-state index in [1.807, 2.05) is 25.3 Å². The van der Waals surface area contributed by atoms with Gasteiger partial charge in [0, 0.05) is 11.5 Å². The first-order valence-corrected chi connectivity index (χ1v) is 8.34. The first kappa shape index (κ1) is 16.8. The second-order valence-corrected chi connectivity index (χ2v) is 7.28. The fourth-order valence-corrected chi connectivity index (χ4v) is 3.50. The van der Waals surface area contributed by atoms with Crippen molar-refractivity contribution in [2.75, 3.05) is 0 Å². The molecule has 0 aliphatic heterocycles. The van der Waals surface area contributed by atoms with Crippen molar-refractivity contribution >= 4 is 15.9 Å². The van der Waals surface area contributed by atoms with Gasteiger partial charge in [-0.05, 0) is 40.0 Å². The van der Waals surface area contributed by atoms with E-state index in [1.165, 1.54) is 0 Å². The zero-order valence-corrected chi connectivity index (χ0v) is 14.1. The van der Waals surface area contributed by atoms with Crippen molar-refractivity contribution in [3.05, 3.63) is 11.6 Å². The van der Waals surface area contributed by atoms with Crippen LogP contribution in [0.1, 0.15) is 64.0 Å². The Hall–Kier alpha value is -0.590. The molecule has 0 saturated heterocycles. The van der Waals surface area contributed by atoms with E-state index in [4.69, 9.17) is 0 Å². The SMILES string of the molecule is CC(C)(C)n1c(CBr)nnc1C1CCCC(C(F)(F)F)C1. The van der Waals surface area contributed by atoms with Crippen LogP contribution in [0.4, 0.5) is 13.2 Å². The number of halogens is 4. The van der Waals surface area contributed by atoms with E-state index in [2.05, 4.69) is 26.1 Å². The third kappa shape index (κ3) is 3.60. The molecule has 1 heterocycles. The van der Waals surface area contributed by atoms with Crippen LogP contribution in [-0.4, -0.2) is 20.9 Å². The zero-order chi connectivity index (χ0) is 15.8. The molecule has 2 rings (SSSR count). The lowest BCUT2D eigenvalue weighted by Gasteiger charge is -2.33. The quantitative estimate of drug-likeness (QED) is 0.705. The third-order valence-electron chi connectivity index (χ3n) is 4.05. The summed E-state index contributed by atoms with van der Waals surface area (Å²) in [6, 6.07) is 0. The average Bonchev–Trinajstić information content (AvgIpc) is 2.81. The molecule has 120 valence electrons. The van der Waals surface area contributed by atoms with E-state index >= 15 is 0 Å². The molecule has 0 bridgehead atoms. The molecule has 2 unspecified atom stereocenters. The van der Waals surface area contributed by atoms with Gasteiger partial charge in [-0.1, -0.05) is 22.4 Å². The maximum absolute atomic E-state index is 13.0. The van der Waals surface area contributed by atoms with Crippen molar-refractivity contribution < 1.29 is 13.2 Å². The summed E-state index contributed by atoms with van der Waals surface area (Å²) in [5.41, 5.74) is -0.243. The van der Waals surface area contributed by atoms with Crippen LogP contribution in [0, 0.1) is 5.92 Å². The number of hydrogen-bond acceptors (Lipinski definition) is 2. The maximum Gasteiger partial charge on any atom is 0.391 e. The molecule has 7 heteroatoms. The van der Waals surface area contributed by atoms with Gasteiger partial charge in [0.15, 0.2) is 0 Å². The van der Waals surface area contributed by atoms with Gasteiger partial charge in [0.25, 0.3) is 0 Å². The van der Waals surface area contributed by atoms with Crippen molar-refractivity contribution in [3.63, 3.8) is 0 Å². The Bertz CT molecular complexity index is 491. The van der Waals surface area contributed by atoms with Crippen LogP contribution < -0.4 is 0 Å². The maximum atomic E-state index is 13.0. The fraction of sp³-hybridized carbons (Fsp3) is 0.857. The van der Waals surface area contributed by atoms with Crippen molar-refractivity contribution in [1.82, 2.24) is 14.8 Å². The summed E-state index contributed by atoms with van der Waals surface area (Å²) < 4.78 is 40.9. The van der Waals surface area contributed by atoms with Crippen molar-refractivity contribution in [3.8, 4) is 0 Å². The molecular formula is C14H21BrF3N3. The highest BCUT2D eigenvalue weighted by Gasteiger charge is 2.43. The predicted octanol–water partition coefficient (Wildman–Crippen LogP) is 4.76. The molecule has 0 spiro atoms. The van der Waals surface area contributed by atoms with Crippen LogP contribution in [0.3, 0.4) is 0 Å². The highest BCUT2D eigenvalue weighted by Crippen LogP contribution is 2.44. The largest absolute Gasteiger partial charge is 0.391 e. The lowest BCUT2D eigenvalue weighted by Crippen LogP contribution is -2.32. The third-order valence-corrected chi connectivity index (χ3v) is 4.55. The minimum atomic E-state index is -4.11. The molecule has 21 heavy (non-hydrogen) atoms. The van der Waals surface area contributed by atoms with Gasteiger partial charge in [-0.2, -0.15) is 13.2 Å². The summed E-state index contributed by atoms with van der Waals surface area (Å²) in [5.74, 6) is 0.0937. The highest BCUT2D eigenvalue weighted by atomic mass is 79.9. The molecule has 1 fully saturated rings. The van der Waals surface area contributed by atoms with Crippen molar-refractivity contribution in [2.45, 2.75) is 69.4 Å². The van der Waals surface area contributed by atoms with Gasteiger partial charge < -0.3 is 4.57 Å². The predicted molar refractivity (Wildman–Crippen MR) is 78.4 cm³/mol. The molecule has 1 aliphatic carbocycles.